The summed E-state index contributed by atoms with van der Waals surface area (Å²) < 4.78 is 0. The van der Waals surface area contributed by atoms with E-state index in [0.29, 0.717) is 0 Å². The van der Waals surface area contributed by atoms with Gasteiger partial charge in [0.1, 0.15) is 0 Å². The number of carbonyl (C=O) groups excluding carboxylic acids is 1. The average molecular weight is 349 g/mol. The normalized spacial score (nSPS) is 15.0. The highest BCUT2D eigenvalue weighted by molar-refractivity contribution is 5.97. The van der Waals surface area contributed by atoms with E-state index in [1.807, 2.05) is 52.8 Å². The van der Waals surface area contributed by atoms with Crippen LogP contribution in [-0.4, -0.2) is 17.1 Å². The molecular weight excluding hydrogens is 322 g/mol. The first-order valence-corrected chi connectivity index (χ1v) is 9.06. The lowest BCUT2D eigenvalue weighted by atomic mass is 9.91. The zero-order chi connectivity index (χ0) is 19.1. The maximum Gasteiger partial charge on any atom is 0.254 e. The van der Waals surface area contributed by atoms with Gasteiger partial charge in [0.05, 0.1) is 5.54 Å². The second-order valence-electron chi connectivity index (χ2n) is 7.92. The summed E-state index contributed by atoms with van der Waals surface area (Å²) in [4.78, 5) is 12.8. The number of aryl methyl sites for hydroxylation is 2. The minimum absolute atomic E-state index is 0.361. The molecule has 1 amide bonds. The number of rotatable bonds is 4. The molecule has 1 aliphatic carbocycles. The zero-order valence-electron chi connectivity index (χ0n) is 16.2. The third kappa shape index (κ3) is 3.45. The van der Waals surface area contributed by atoms with E-state index < -0.39 is 11.6 Å². The van der Waals surface area contributed by atoms with Crippen molar-refractivity contribution < 1.29 is 9.90 Å². The molecule has 0 heterocycles. The van der Waals surface area contributed by atoms with Crippen LogP contribution in [0.1, 0.15) is 48.6 Å². The summed E-state index contributed by atoms with van der Waals surface area (Å²) in [5.74, 6) is -0.361. The van der Waals surface area contributed by atoms with Crippen LogP contribution in [0.15, 0.2) is 48.0 Å². The molecule has 136 valence electrons. The number of allylic oxidation sites excluding steroid dienone is 1. The molecule has 1 unspecified atom stereocenters. The molecule has 1 aliphatic rings. The van der Waals surface area contributed by atoms with Gasteiger partial charge in [0.25, 0.3) is 5.91 Å². The van der Waals surface area contributed by atoms with Gasteiger partial charge in [-0.3, -0.25) is 4.79 Å². The summed E-state index contributed by atoms with van der Waals surface area (Å²) >= 11 is 0. The smallest absolute Gasteiger partial charge is 0.254 e. The molecule has 2 N–H and O–H groups in total. The van der Waals surface area contributed by atoms with Gasteiger partial charge in [-0.25, -0.2) is 0 Å². The van der Waals surface area contributed by atoms with Crippen molar-refractivity contribution >= 4 is 11.5 Å². The molecule has 26 heavy (non-hydrogen) atoms. The van der Waals surface area contributed by atoms with Gasteiger partial charge in [-0.2, -0.15) is 0 Å². The van der Waals surface area contributed by atoms with E-state index in [0.717, 1.165) is 39.8 Å². The van der Waals surface area contributed by atoms with Crippen LogP contribution in [-0.2, 0) is 16.8 Å². The number of aliphatic hydroxyl groups is 1. The quantitative estimate of drug-likeness (QED) is 0.875. The molecule has 3 nitrogen and oxygen atoms in total. The van der Waals surface area contributed by atoms with Crippen molar-refractivity contribution in [1.29, 1.82) is 0 Å². The first-order valence-electron chi connectivity index (χ1n) is 9.06. The average Bonchev–Trinajstić information content (AvgIpc) is 2.88. The van der Waals surface area contributed by atoms with Crippen LogP contribution in [0.3, 0.4) is 0 Å². The highest BCUT2D eigenvalue weighted by Crippen LogP contribution is 2.36. The van der Waals surface area contributed by atoms with Gasteiger partial charge in [-0.15, -0.1) is 0 Å². The van der Waals surface area contributed by atoms with Crippen molar-refractivity contribution in [3.8, 4) is 0 Å². The van der Waals surface area contributed by atoms with E-state index >= 15 is 0 Å². The van der Waals surface area contributed by atoms with Gasteiger partial charge in [0, 0.05) is 0 Å². The van der Waals surface area contributed by atoms with Gasteiger partial charge < -0.3 is 10.4 Å². The Bertz CT molecular complexity index is 893. The van der Waals surface area contributed by atoms with Crippen LogP contribution in [0.25, 0.3) is 5.57 Å². The van der Waals surface area contributed by atoms with Crippen LogP contribution in [0.4, 0.5) is 0 Å². The lowest BCUT2D eigenvalue weighted by molar-refractivity contribution is -0.128. The Labute approximate surface area is 155 Å². The third-order valence-electron chi connectivity index (χ3n) is 5.17. The number of aliphatic hydroxyl groups excluding tert-OH is 1. The Morgan fingerprint density at radius 1 is 1.08 bits per heavy atom. The van der Waals surface area contributed by atoms with Crippen LogP contribution in [0, 0.1) is 13.8 Å². The number of carbonyl (C=O) groups is 1. The fourth-order valence-electron chi connectivity index (χ4n) is 3.70. The molecule has 0 saturated heterocycles. The molecule has 0 fully saturated rings. The van der Waals surface area contributed by atoms with Crippen LogP contribution in [0.5, 0.6) is 0 Å². The topological polar surface area (TPSA) is 49.3 Å². The Morgan fingerprint density at radius 3 is 2.46 bits per heavy atom. The predicted octanol–water partition coefficient (Wildman–Crippen LogP) is 4.05. The maximum absolute atomic E-state index is 12.8. The zero-order valence-corrected chi connectivity index (χ0v) is 16.2. The standard InChI is InChI=1S/C23H27NO2/c1-14-7-6-8-18(11-14)23(4,5)24-22(26)21(25)20-16(3)13-17-10-9-15(2)12-19(17)20/h6-12,21,25H,13H2,1-5H3,(H,24,26). The number of benzene rings is 2. The molecule has 0 aromatic heterocycles. The van der Waals surface area contributed by atoms with E-state index in [-0.39, 0.29) is 5.91 Å². The summed E-state index contributed by atoms with van der Waals surface area (Å²) in [5, 5.41) is 13.8. The maximum atomic E-state index is 12.8. The number of hydrogen-bond donors (Lipinski definition) is 2. The Balaban J connectivity index is 1.85. The van der Waals surface area contributed by atoms with Crippen molar-refractivity contribution in [2.24, 2.45) is 0 Å². The first-order chi connectivity index (χ1) is 12.2. The second kappa shape index (κ2) is 6.73. The Kier molecular flexibility index (Phi) is 4.76. The number of amides is 1. The summed E-state index contributed by atoms with van der Waals surface area (Å²) in [6, 6.07) is 14.3. The van der Waals surface area contributed by atoms with Crippen LogP contribution >= 0.6 is 0 Å². The molecule has 3 rings (SSSR count). The van der Waals surface area contributed by atoms with Gasteiger partial charge in [0.2, 0.25) is 0 Å². The minimum Gasteiger partial charge on any atom is -0.378 e. The molecule has 2 aromatic carbocycles. The van der Waals surface area contributed by atoms with Gasteiger partial charge in [0.15, 0.2) is 6.10 Å². The van der Waals surface area contributed by atoms with Crippen LogP contribution in [0.2, 0.25) is 0 Å². The lowest BCUT2D eigenvalue weighted by Gasteiger charge is -2.29. The first kappa shape index (κ1) is 18.4. The summed E-state index contributed by atoms with van der Waals surface area (Å²) in [6.45, 7) is 9.97. The van der Waals surface area contributed by atoms with Crippen LogP contribution < -0.4 is 5.32 Å². The predicted molar refractivity (Wildman–Crippen MR) is 106 cm³/mol. The minimum atomic E-state index is -1.16. The summed E-state index contributed by atoms with van der Waals surface area (Å²) in [5.41, 5.74) is 6.71. The van der Waals surface area contributed by atoms with E-state index in [4.69, 9.17) is 0 Å². The van der Waals surface area contributed by atoms with E-state index in [9.17, 15) is 9.90 Å². The molecular formula is C23H27NO2. The summed E-state index contributed by atoms with van der Waals surface area (Å²) in [7, 11) is 0. The SMILES string of the molecule is CC1=C(C(O)C(=O)NC(C)(C)c2cccc(C)c2)c2cc(C)ccc2C1. The number of fused-ring (bicyclic) bond motifs is 1. The fraction of sp³-hybridized carbons (Fsp3) is 0.348. The van der Waals surface area contributed by atoms with E-state index in [2.05, 4.69) is 29.6 Å². The highest BCUT2D eigenvalue weighted by atomic mass is 16.3. The van der Waals surface area contributed by atoms with Crippen molar-refractivity contribution in [2.75, 3.05) is 0 Å². The summed E-state index contributed by atoms with van der Waals surface area (Å²) in [6.07, 6.45) is -0.376. The molecule has 0 spiro atoms. The van der Waals surface area contributed by atoms with Gasteiger partial charge >= 0.3 is 0 Å². The Morgan fingerprint density at radius 2 is 1.77 bits per heavy atom. The largest absolute Gasteiger partial charge is 0.378 e. The van der Waals surface area contributed by atoms with Crippen molar-refractivity contribution in [3.05, 3.63) is 75.9 Å². The third-order valence-corrected chi connectivity index (χ3v) is 5.17. The fourth-order valence-corrected chi connectivity index (χ4v) is 3.70. The molecule has 3 heteroatoms. The molecule has 1 atom stereocenters. The van der Waals surface area contributed by atoms with Gasteiger partial charge in [-0.1, -0.05) is 59.2 Å². The monoisotopic (exact) mass is 349 g/mol. The molecule has 0 saturated carbocycles. The Hall–Kier alpha value is -2.39. The number of nitrogens with one attached hydrogen (secondary N) is 1. The van der Waals surface area contributed by atoms with E-state index in [1.165, 1.54) is 5.56 Å². The molecule has 2 aromatic rings. The van der Waals surface area contributed by atoms with E-state index in [1.54, 1.807) is 0 Å². The second-order valence-corrected chi connectivity index (χ2v) is 7.92. The lowest BCUT2D eigenvalue weighted by Crippen LogP contribution is -2.46. The van der Waals surface area contributed by atoms with Gasteiger partial charge in [-0.05, 0) is 63.3 Å². The highest BCUT2D eigenvalue weighted by Gasteiger charge is 2.32. The molecule has 0 radical (unpaired) electrons. The van der Waals surface area contributed by atoms with Crippen molar-refractivity contribution in [3.63, 3.8) is 0 Å². The number of hydrogen-bond acceptors (Lipinski definition) is 2. The van der Waals surface area contributed by atoms with Crippen molar-refractivity contribution in [1.82, 2.24) is 5.32 Å². The molecule has 0 aliphatic heterocycles. The molecule has 0 bridgehead atoms. The van der Waals surface area contributed by atoms with Crippen molar-refractivity contribution in [2.45, 2.75) is 52.7 Å².